The predicted molar refractivity (Wildman–Crippen MR) is 131 cm³/mol. The molecule has 1 aromatic heterocycles. The van der Waals surface area contributed by atoms with Crippen LogP contribution in [0.4, 0.5) is 5.69 Å². The van der Waals surface area contributed by atoms with Crippen molar-refractivity contribution in [1.82, 2.24) is 4.90 Å². The van der Waals surface area contributed by atoms with Crippen LogP contribution in [0.25, 0.3) is 0 Å². The Morgan fingerprint density at radius 2 is 1.76 bits per heavy atom. The van der Waals surface area contributed by atoms with Gasteiger partial charge in [-0.05, 0) is 48.1 Å². The molecule has 3 heterocycles. The Labute approximate surface area is 202 Å². The van der Waals surface area contributed by atoms with Crippen molar-refractivity contribution in [3.05, 3.63) is 76.0 Å². The molecule has 2 amide bonds. The number of carbonyl (C=O) groups is 2. The summed E-state index contributed by atoms with van der Waals surface area (Å²) in [4.78, 5) is 30.8. The van der Waals surface area contributed by atoms with Crippen LogP contribution in [0.1, 0.15) is 58.4 Å². The molecule has 3 aliphatic rings. The molecule has 1 saturated carbocycles. The van der Waals surface area contributed by atoms with Crippen molar-refractivity contribution in [3.63, 3.8) is 0 Å². The van der Waals surface area contributed by atoms with Gasteiger partial charge in [0.05, 0.1) is 12.0 Å². The van der Waals surface area contributed by atoms with Gasteiger partial charge in [-0.25, -0.2) is 0 Å². The number of hydrogen-bond acceptors (Lipinski definition) is 5. The molecule has 0 bridgehead atoms. The molecule has 0 spiro atoms. The number of anilines is 1. The highest BCUT2D eigenvalue weighted by atomic mass is 32.1. The Morgan fingerprint density at radius 1 is 0.971 bits per heavy atom. The summed E-state index contributed by atoms with van der Waals surface area (Å²) in [6.45, 7) is 1.00. The molecule has 7 heteroatoms. The maximum absolute atomic E-state index is 14.0. The standard InChI is InChI=1S/C27H26N2O4S/c30-26(28-17-11-12-21-22(16-17)33-14-13-32-21)24-19-8-3-4-9-20(19)27(31)29(18-6-1-2-7-18)25(24)23-10-5-15-34-23/h3-5,8-12,15-16,18,24-25H,1-2,6-7,13-14H2,(H,28,30)/t24-,25-/m1/s1. The number of thiophene rings is 1. The van der Waals surface area contributed by atoms with E-state index >= 15 is 0 Å². The van der Waals surface area contributed by atoms with Crippen LogP contribution >= 0.6 is 11.3 Å². The molecular formula is C27H26N2O4S. The van der Waals surface area contributed by atoms with Crippen molar-refractivity contribution in [1.29, 1.82) is 0 Å². The molecule has 2 atom stereocenters. The molecule has 174 valence electrons. The Morgan fingerprint density at radius 3 is 2.56 bits per heavy atom. The van der Waals surface area contributed by atoms with Crippen molar-refractivity contribution >= 4 is 28.8 Å². The van der Waals surface area contributed by atoms with E-state index in [0.717, 1.165) is 36.1 Å². The van der Waals surface area contributed by atoms with E-state index in [4.69, 9.17) is 9.47 Å². The van der Waals surface area contributed by atoms with Gasteiger partial charge in [-0.15, -0.1) is 11.3 Å². The Kier molecular flexibility index (Phi) is 5.49. The van der Waals surface area contributed by atoms with Gasteiger partial charge in [0.25, 0.3) is 5.91 Å². The fourth-order valence-electron chi connectivity index (χ4n) is 5.52. The molecule has 0 radical (unpaired) electrons. The first-order valence-corrected chi connectivity index (χ1v) is 12.7. The van der Waals surface area contributed by atoms with E-state index in [1.165, 1.54) is 0 Å². The van der Waals surface area contributed by atoms with Gasteiger partial charge in [-0.2, -0.15) is 0 Å². The van der Waals surface area contributed by atoms with Crippen molar-refractivity contribution in [2.45, 2.75) is 43.7 Å². The molecule has 0 saturated heterocycles. The maximum Gasteiger partial charge on any atom is 0.254 e. The molecule has 1 N–H and O–H groups in total. The predicted octanol–water partition coefficient (Wildman–Crippen LogP) is 5.38. The van der Waals surface area contributed by atoms with Crippen molar-refractivity contribution in [3.8, 4) is 11.5 Å². The van der Waals surface area contributed by atoms with Crippen molar-refractivity contribution in [2.75, 3.05) is 18.5 Å². The number of carbonyl (C=O) groups excluding carboxylic acids is 2. The Bertz CT molecular complexity index is 1220. The molecule has 2 aromatic carbocycles. The first-order valence-electron chi connectivity index (χ1n) is 11.9. The van der Waals surface area contributed by atoms with E-state index in [1.807, 2.05) is 58.8 Å². The van der Waals surface area contributed by atoms with E-state index in [0.29, 0.717) is 36.0 Å². The summed E-state index contributed by atoms with van der Waals surface area (Å²) in [6, 6.07) is 16.9. The van der Waals surface area contributed by atoms with Crippen LogP contribution in [0, 0.1) is 0 Å². The fraction of sp³-hybridized carbons (Fsp3) is 0.333. The SMILES string of the molecule is O=C(Nc1ccc2c(c1)OCCO2)[C@@H]1c2ccccc2C(=O)N(C2CCCC2)[C@@H]1c1cccs1. The van der Waals surface area contributed by atoms with Gasteiger partial charge in [0.1, 0.15) is 13.2 Å². The molecular weight excluding hydrogens is 448 g/mol. The lowest BCUT2D eigenvalue weighted by Crippen LogP contribution is -2.49. The number of hydrogen-bond donors (Lipinski definition) is 1. The Balaban J connectivity index is 1.42. The third-order valence-electron chi connectivity index (χ3n) is 7.02. The largest absolute Gasteiger partial charge is 0.486 e. The molecule has 1 fully saturated rings. The van der Waals surface area contributed by atoms with Gasteiger partial charge in [0, 0.05) is 28.2 Å². The zero-order chi connectivity index (χ0) is 23.1. The van der Waals surface area contributed by atoms with E-state index in [1.54, 1.807) is 17.4 Å². The molecule has 0 unspecified atom stereocenters. The molecule has 3 aromatic rings. The normalized spacial score (nSPS) is 21.9. The number of amides is 2. The second-order valence-electron chi connectivity index (χ2n) is 9.02. The summed E-state index contributed by atoms with van der Waals surface area (Å²) in [5.41, 5.74) is 2.07. The fourth-order valence-corrected chi connectivity index (χ4v) is 6.38. The summed E-state index contributed by atoms with van der Waals surface area (Å²) in [5, 5.41) is 5.13. The molecule has 6 rings (SSSR count). The lowest BCUT2D eigenvalue weighted by Gasteiger charge is -2.44. The van der Waals surface area contributed by atoms with Gasteiger partial charge in [0.2, 0.25) is 5.91 Å². The second kappa shape index (κ2) is 8.80. The summed E-state index contributed by atoms with van der Waals surface area (Å²) in [6.07, 6.45) is 4.18. The van der Waals surface area contributed by atoms with Crippen LogP contribution in [0.2, 0.25) is 0 Å². The van der Waals surface area contributed by atoms with Crippen LogP contribution in [0.15, 0.2) is 60.0 Å². The maximum atomic E-state index is 14.0. The number of nitrogens with zero attached hydrogens (tertiary/aromatic N) is 1. The molecule has 1 aliphatic carbocycles. The minimum absolute atomic E-state index is 0.0317. The lowest BCUT2D eigenvalue weighted by molar-refractivity contribution is -0.119. The zero-order valence-corrected chi connectivity index (χ0v) is 19.6. The summed E-state index contributed by atoms with van der Waals surface area (Å²) in [7, 11) is 0. The highest BCUT2D eigenvalue weighted by Crippen LogP contribution is 2.47. The van der Waals surface area contributed by atoms with E-state index in [2.05, 4.69) is 5.32 Å². The average Bonchev–Trinajstić information content (AvgIpc) is 3.58. The van der Waals surface area contributed by atoms with E-state index in [9.17, 15) is 9.59 Å². The average molecular weight is 475 g/mol. The van der Waals surface area contributed by atoms with Crippen LogP contribution in [0.5, 0.6) is 11.5 Å². The zero-order valence-electron chi connectivity index (χ0n) is 18.7. The highest BCUT2D eigenvalue weighted by molar-refractivity contribution is 7.10. The lowest BCUT2D eigenvalue weighted by atomic mass is 9.80. The summed E-state index contributed by atoms with van der Waals surface area (Å²) < 4.78 is 11.3. The van der Waals surface area contributed by atoms with Crippen LogP contribution in [-0.2, 0) is 4.79 Å². The molecule has 6 nitrogen and oxygen atoms in total. The number of nitrogens with one attached hydrogen (secondary N) is 1. The van der Waals surface area contributed by atoms with Crippen molar-refractivity contribution < 1.29 is 19.1 Å². The van der Waals surface area contributed by atoms with E-state index in [-0.39, 0.29) is 23.9 Å². The van der Waals surface area contributed by atoms with Crippen LogP contribution < -0.4 is 14.8 Å². The summed E-state index contributed by atoms with van der Waals surface area (Å²) in [5.74, 6) is 0.705. The topological polar surface area (TPSA) is 67.9 Å². The number of ether oxygens (including phenoxy) is 2. The first kappa shape index (κ1) is 21.2. The minimum Gasteiger partial charge on any atom is -0.486 e. The number of rotatable bonds is 4. The third-order valence-corrected chi connectivity index (χ3v) is 7.96. The number of benzene rings is 2. The third kappa shape index (κ3) is 3.64. The van der Waals surface area contributed by atoms with Crippen molar-refractivity contribution in [2.24, 2.45) is 0 Å². The van der Waals surface area contributed by atoms with Gasteiger partial charge < -0.3 is 19.7 Å². The van der Waals surface area contributed by atoms with Crippen LogP contribution in [0.3, 0.4) is 0 Å². The first-order chi connectivity index (χ1) is 16.7. The molecule has 34 heavy (non-hydrogen) atoms. The van der Waals surface area contributed by atoms with Gasteiger partial charge >= 0.3 is 0 Å². The second-order valence-corrected chi connectivity index (χ2v) is 10.0. The summed E-state index contributed by atoms with van der Waals surface area (Å²) >= 11 is 1.60. The number of fused-ring (bicyclic) bond motifs is 2. The Hall–Kier alpha value is -3.32. The highest BCUT2D eigenvalue weighted by Gasteiger charge is 2.47. The monoisotopic (exact) mass is 474 g/mol. The molecule has 2 aliphatic heterocycles. The van der Waals surface area contributed by atoms with Gasteiger partial charge in [-0.1, -0.05) is 37.1 Å². The van der Waals surface area contributed by atoms with E-state index < -0.39 is 5.92 Å². The minimum atomic E-state index is -0.513. The van der Waals surface area contributed by atoms with Crippen LogP contribution in [-0.4, -0.2) is 36.0 Å². The quantitative estimate of drug-likeness (QED) is 0.551. The smallest absolute Gasteiger partial charge is 0.254 e. The van der Waals surface area contributed by atoms with Gasteiger partial charge in [-0.3, -0.25) is 9.59 Å². The van der Waals surface area contributed by atoms with Gasteiger partial charge in [0.15, 0.2) is 11.5 Å².